The van der Waals surface area contributed by atoms with E-state index in [0.717, 1.165) is 30.2 Å². The first-order chi connectivity index (χ1) is 12.6. The molecule has 1 amide bonds. The lowest BCUT2D eigenvalue weighted by molar-refractivity contribution is -0.115. The summed E-state index contributed by atoms with van der Waals surface area (Å²) in [4.78, 5) is 19.1. The number of fused-ring (bicyclic) bond motifs is 1. The van der Waals surface area contributed by atoms with Gasteiger partial charge in [0.2, 0.25) is 5.91 Å². The van der Waals surface area contributed by atoms with Crippen LogP contribution in [0.3, 0.4) is 0 Å². The number of aromatic nitrogens is 2. The van der Waals surface area contributed by atoms with Crippen LogP contribution in [0.4, 0.5) is 14.5 Å². The molecular formula is C19H20Cl2F2N4O. The van der Waals surface area contributed by atoms with Crippen molar-refractivity contribution >= 4 is 47.4 Å². The van der Waals surface area contributed by atoms with E-state index in [1.807, 2.05) is 0 Å². The van der Waals surface area contributed by atoms with Crippen molar-refractivity contribution in [1.82, 2.24) is 15.3 Å². The highest BCUT2D eigenvalue weighted by Gasteiger charge is 2.20. The molecule has 1 heterocycles. The summed E-state index contributed by atoms with van der Waals surface area (Å²) >= 11 is 0. The minimum Gasteiger partial charge on any atom is -0.338 e. The van der Waals surface area contributed by atoms with Crippen molar-refractivity contribution in [1.29, 1.82) is 0 Å². The molecule has 0 atom stereocenters. The molecule has 150 valence electrons. The molecular weight excluding hydrogens is 409 g/mol. The van der Waals surface area contributed by atoms with E-state index < -0.39 is 11.6 Å². The number of aromatic amines is 1. The smallest absolute Gasteiger partial charge is 0.238 e. The average molecular weight is 429 g/mol. The van der Waals surface area contributed by atoms with Crippen LogP contribution in [0.1, 0.15) is 12.8 Å². The van der Waals surface area contributed by atoms with E-state index in [-0.39, 0.29) is 30.7 Å². The molecule has 0 bridgehead atoms. The van der Waals surface area contributed by atoms with Crippen LogP contribution >= 0.6 is 24.8 Å². The lowest BCUT2D eigenvalue weighted by Crippen LogP contribution is -2.29. The Kier molecular flexibility index (Phi) is 7.35. The summed E-state index contributed by atoms with van der Waals surface area (Å²) in [5, 5.41) is 5.97. The van der Waals surface area contributed by atoms with Gasteiger partial charge in [0.15, 0.2) is 11.6 Å². The number of carbonyl (C=O) groups is 1. The summed E-state index contributed by atoms with van der Waals surface area (Å²) in [5.74, 6) is -0.695. The van der Waals surface area contributed by atoms with Crippen molar-refractivity contribution in [3.8, 4) is 11.4 Å². The molecule has 0 unspecified atom stereocenters. The number of halogens is 4. The molecule has 2 aromatic carbocycles. The predicted molar refractivity (Wildman–Crippen MR) is 110 cm³/mol. The van der Waals surface area contributed by atoms with Crippen LogP contribution in [-0.2, 0) is 4.79 Å². The van der Waals surface area contributed by atoms with E-state index in [0.29, 0.717) is 29.1 Å². The summed E-state index contributed by atoms with van der Waals surface area (Å²) < 4.78 is 26.6. The van der Waals surface area contributed by atoms with Crippen LogP contribution in [0.5, 0.6) is 0 Å². The van der Waals surface area contributed by atoms with Gasteiger partial charge in [-0.25, -0.2) is 13.8 Å². The molecule has 1 aliphatic rings. The highest BCUT2D eigenvalue weighted by Crippen LogP contribution is 2.27. The maximum Gasteiger partial charge on any atom is 0.238 e. The maximum absolute atomic E-state index is 13.3. The fourth-order valence-corrected chi connectivity index (χ4v) is 2.77. The number of amides is 1. The number of carbonyl (C=O) groups excluding carboxylic acids is 1. The SMILES string of the molecule is Cl.Cl.O=C(CNCC1CC1)Nc1ccc(-c2nc3cc(F)c(F)cc3[nH]2)cc1. The molecule has 1 aliphatic carbocycles. The molecule has 28 heavy (non-hydrogen) atoms. The summed E-state index contributed by atoms with van der Waals surface area (Å²) in [6.45, 7) is 1.18. The fraction of sp³-hybridized carbons (Fsp3) is 0.263. The standard InChI is InChI=1S/C19H18F2N4O.2ClH/c20-14-7-16-17(8-15(14)21)25-19(24-16)12-3-5-13(6-4-12)23-18(26)10-22-9-11-1-2-11;;/h3-8,11,22H,1-2,9-10H2,(H,23,26)(H,24,25);2*1H. The summed E-state index contributed by atoms with van der Waals surface area (Å²) in [6, 6.07) is 9.26. The number of nitrogens with zero attached hydrogens (tertiary/aromatic N) is 1. The number of hydrogen-bond acceptors (Lipinski definition) is 3. The molecule has 1 aromatic heterocycles. The van der Waals surface area contributed by atoms with Gasteiger partial charge in [0.25, 0.3) is 0 Å². The molecule has 0 aliphatic heterocycles. The third-order valence-electron chi connectivity index (χ3n) is 4.38. The van der Waals surface area contributed by atoms with E-state index >= 15 is 0 Å². The summed E-state index contributed by atoms with van der Waals surface area (Å²) in [7, 11) is 0. The minimum absolute atomic E-state index is 0. The lowest BCUT2D eigenvalue weighted by atomic mass is 10.2. The van der Waals surface area contributed by atoms with E-state index in [9.17, 15) is 13.6 Å². The van der Waals surface area contributed by atoms with E-state index in [1.165, 1.54) is 12.8 Å². The fourth-order valence-electron chi connectivity index (χ4n) is 2.77. The van der Waals surface area contributed by atoms with E-state index in [4.69, 9.17) is 0 Å². The third-order valence-corrected chi connectivity index (χ3v) is 4.38. The monoisotopic (exact) mass is 428 g/mol. The highest BCUT2D eigenvalue weighted by atomic mass is 35.5. The number of anilines is 1. The molecule has 0 radical (unpaired) electrons. The summed E-state index contributed by atoms with van der Waals surface area (Å²) in [6.07, 6.45) is 2.49. The normalized spacial score (nSPS) is 12.9. The Balaban J connectivity index is 0.00000140. The van der Waals surface area contributed by atoms with Crippen molar-refractivity contribution in [2.24, 2.45) is 5.92 Å². The topological polar surface area (TPSA) is 69.8 Å². The van der Waals surface area contributed by atoms with Gasteiger partial charge in [0.1, 0.15) is 5.82 Å². The second-order valence-corrected chi connectivity index (χ2v) is 6.57. The van der Waals surface area contributed by atoms with Crippen molar-refractivity contribution in [3.63, 3.8) is 0 Å². The Hall–Kier alpha value is -2.22. The quantitative estimate of drug-likeness (QED) is 0.548. The van der Waals surface area contributed by atoms with Crippen LogP contribution < -0.4 is 10.6 Å². The zero-order valence-electron chi connectivity index (χ0n) is 14.8. The molecule has 1 saturated carbocycles. The molecule has 1 fully saturated rings. The second kappa shape index (κ2) is 9.32. The number of nitrogens with one attached hydrogen (secondary N) is 3. The minimum atomic E-state index is -0.927. The van der Waals surface area contributed by atoms with Crippen LogP contribution in [-0.4, -0.2) is 29.0 Å². The zero-order chi connectivity index (χ0) is 18.1. The molecule has 4 rings (SSSR count). The Labute approximate surface area is 173 Å². The molecule has 5 nitrogen and oxygen atoms in total. The predicted octanol–water partition coefficient (Wildman–Crippen LogP) is 4.29. The van der Waals surface area contributed by atoms with E-state index in [1.54, 1.807) is 24.3 Å². The Morgan fingerprint density at radius 3 is 2.46 bits per heavy atom. The molecule has 3 N–H and O–H groups in total. The molecule has 0 spiro atoms. The van der Waals surface area contributed by atoms with Crippen molar-refractivity contribution < 1.29 is 13.6 Å². The second-order valence-electron chi connectivity index (χ2n) is 6.57. The Morgan fingerprint density at radius 2 is 1.79 bits per heavy atom. The van der Waals surface area contributed by atoms with Crippen LogP contribution in [0.2, 0.25) is 0 Å². The largest absolute Gasteiger partial charge is 0.338 e. The third kappa shape index (κ3) is 5.19. The van der Waals surface area contributed by atoms with Crippen LogP contribution in [0.15, 0.2) is 36.4 Å². The first-order valence-electron chi connectivity index (χ1n) is 8.54. The van der Waals surface area contributed by atoms with Gasteiger partial charge in [-0.15, -0.1) is 24.8 Å². The number of rotatable bonds is 6. The number of H-pyrrole nitrogens is 1. The Bertz CT molecular complexity index is 919. The van der Waals surface area contributed by atoms with Crippen molar-refractivity contribution in [2.45, 2.75) is 12.8 Å². The molecule has 0 saturated heterocycles. The van der Waals surface area contributed by atoms with Gasteiger partial charge in [-0.2, -0.15) is 0 Å². The molecule has 9 heteroatoms. The average Bonchev–Trinajstić information content (AvgIpc) is 3.35. The molecule has 3 aromatic rings. The number of hydrogen-bond donors (Lipinski definition) is 3. The van der Waals surface area contributed by atoms with Gasteiger partial charge >= 0.3 is 0 Å². The van der Waals surface area contributed by atoms with Gasteiger partial charge in [0.05, 0.1) is 17.6 Å². The first-order valence-corrected chi connectivity index (χ1v) is 8.54. The zero-order valence-corrected chi connectivity index (χ0v) is 16.4. The van der Waals surface area contributed by atoms with Gasteiger partial charge in [0, 0.05) is 23.4 Å². The highest BCUT2D eigenvalue weighted by molar-refractivity contribution is 5.92. The van der Waals surface area contributed by atoms with Gasteiger partial charge in [-0.1, -0.05) is 0 Å². The van der Waals surface area contributed by atoms with Gasteiger partial charge < -0.3 is 15.6 Å². The lowest BCUT2D eigenvalue weighted by Gasteiger charge is -2.07. The van der Waals surface area contributed by atoms with Gasteiger partial charge in [-0.3, -0.25) is 4.79 Å². The maximum atomic E-state index is 13.3. The first kappa shape index (κ1) is 22.1. The van der Waals surface area contributed by atoms with E-state index in [2.05, 4.69) is 20.6 Å². The van der Waals surface area contributed by atoms with Crippen molar-refractivity contribution in [3.05, 3.63) is 48.0 Å². The van der Waals surface area contributed by atoms with Crippen molar-refractivity contribution in [2.75, 3.05) is 18.4 Å². The number of benzene rings is 2. The Morgan fingerprint density at radius 1 is 1.11 bits per heavy atom. The number of imidazole rings is 1. The van der Waals surface area contributed by atoms with Gasteiger partial charge in [-0.05, 0) is 49.6 Å². The van der Waals surface area contributed by atoms with Crippen LogP contribution in [0.25, 0.3) is 22.4 Å². The van der Waals surface area contributed by atoms with Crippen LogP contribution in [0, 0.1) is 17.6 Å². The summed E-state index contributed by atoms with van der Waals surface area (Å²) in [5.41, 5.74) is 2.23.